The van der Waals surface area contributed by atoms with Crippen molar-refractivity contribution in [2.75, 3.05) is 7.11 Å². The van der Waals surface area contributed by atoms with E-state index < -0.39 is 12.2 Å². The first kappa shape index (κ1) is 19.7. The zero-order chi connectivity index (χ0) is 21.3. The van der Waals surface area contributed by atoms with E-state index in [0.717, 1.165) is 24.1 Å². The number of ether oxygens (including phenoxy) is 2. The lowest BCUT2D eigenvalue weighted by atomic mass is 10.1. The summed E-state index contributed by atoms with van der Waals surface area (Å²) >= 11 is 0. The van der Waals surface area contributed by atoms with Crippen LogP contribution in [0.1, 0.15) is 44.2 Å². The molecule has 1 unspecified atom stereocenters. The van der Waals surface area contributed by atoms with Crippen LogP contribution in [0.5, 0.6) is 5.75 Å². The number of nitriles is 1. The average molecular weight is 405 g/mol. The lowest BCUT2D eigenvalue weighted by Gasteiger charge is -2.16. The van der Waals surface area contributed by atoms with Crippen LogP contribution in [0.25, 0.3) is 16.9 Å². The number of methoxy groups -OCH3 is 1. The van der Waals surface area contributed by atoms with Crippen LogP contribution < -0.4 is 10.1 Å². The highest BCUT2D eigenvalue weighted by molar-refractivity contribution is 5.69. The van der Waals surface area contributed by atoms with Crippen molar-refractivity contribution in [1.29, 1.82) is 5.26 Å². The van der Waals surface area contributed by atoms with Crippen LogP contribution in [0.4, 0.5) is 4.79 Å². The molecule has 0 radical (unpaired) electrons. The molecule has 1 aliphatic rings. The van der Waals surface area contributed by atoms with Gasteiger partial charge in [0, 0.05) is 17.5 Å². The zero-order valence-electron chi connectivity index (χ0n) is 17.1. The van der Waals surface area contributed by atoms with Crippen LogP contribution >= 0.6 is 0 Å². The number of hydrogen-bond donors (Lipinski definition) is 1. The predicted octanol–water partition coefficient (Wildman–Crippen LogP) is 3.86. The van der Waals surface area contributed by atoms with Gasteiger partial charge in [0.25, 0.3) is 0 Å². The normalized spacial score (nSPS) is 14.4. The smallest absolute Gasteiger partial charge is 0.408 e. The fraction of sp³-hybridized carbons (Fsp3) is 0.364. The van der Waals surface area contributed by atoms with Crippen molar-refractivity contribution in [3.63, 3.8) is 0 Å². The first-order valence-electron chi connectivity index (χ1n) is 9.91. The number of carbonyl (C=O) groups excluding carboxylic acids is 1. The number of rotatable bonds is 6. The van der Waals surface area contributed by atoms with E-state index >= 15 is 0 Å². The van der Waals surface area contributed by atoms with Crippen LogP contribution in [-0.4, -0.2) is 33.8 Å². The SMILES string of the molecule is COc1ccc(-c2cccc(C#N)c2)n2nc(C(OC(=O)NC(C)C)C3CC3)nc12. The number of pyridine rings is 1. The monoisotopic (exact) mass is 405 g/mol. The summed E-state index contributed by atoms with van der Waals surface area (Å²) in [4.78, 5) is 16.9. The van der Waals surface area contributed by atoms with E-state index in [1.165, 1.54) is 0 Å². The summed E-state index contributed by atoms with van der Waals surface area (Å²) in [6, 6.07) is 13.1. The van der Waals surface area contributed by atoms with Gasteiger partial charge in [0.2, 0.25) is 0 Å². The van der Waals surface area contributed by atoms with Crippen LogP contribution in [0.3, 0.4) is 0 Å². The first-order valence-corrected chi connectivity index (χ1v) is 9.91. The highest BCUT2D eigenvalue weighted by atomic mass is 16.6. The molecule has 0 bridgehead atoms. The van der Waals surface area contributed by atoms with Crippen molar-refractivity contribution in [3.8, 4) is 23.1 Å². The molecule has 2 heterocycles. The first-order chi connectivity index (χ1) is 14.5. The number of alkyl carbamates (subject to hydrolysis) is 1. The van der Waals surface area contributed by atoms with Crippen LogP contribution in [0, 0.1) is 17.2 Å². The van der Waals surface area contributed by atoms with E-state index in [0.29, 0.717) is 22.8 Å². The molecular weight excluding hydrogens is 382 g/mol. The fourth-order valence-corrected chi connectivity index (χ4v) is 3.35. The van der Waals surface area contributed by atoms with Crippen molar-refractivity contribution in [3.05, 3.63) is 47.8 Å². The molecule has 1 atom stereocenters. The van der Waals surface area contributed by atoms with Crippen LogP contribution in [0.15, 0.2) is 36.4 Å². The lowest BCUT2D eigenvalue weighted by Crippen LogP contribution is -2.32. The van der Waals surface area contributed by atoms with Gasteiger partial charge in [0.05, 0.1) is 24.4 Å². The van der Waals surface area contributed by atoms with E-state index in [1.54, 1.807) is 23.8 Å². The molecule has 1 fully saturated rings. The molecule has 1 N–H and O–H groups in total. The minimum atomic E-state index is -0.522. The van der Waals surface area contributed by atoms with Gasteiger partial charge in [0.1, 0.15) is 0 Å². The molecule has 1 aromatic carbocycles. The van der Waals surface area contributed by atoms with Crippen LogP contribution in [-0.2, 0) is 4.74 Å². The van der Waals surface area contributed by atoms with Crippen molar-refractivity contribution < 1.29 is 14.3 Å². The highest BCUT2D eigenvalue weighted by Gasteiger charge is 2.38. The van der Waals surface area contributed by atoms with Gasteiger partial charge in [0.15, 0.2) is 23.3 Å². The second-order valence-corrected chi connectivity index (χ2v) is 7.65. The second-order valence-electron chi connectivity index (χ2n) is 7.65. The third-order valence-corrected chi connectivity index (χ3v) is 4.92. The van der Waals surface area contributed by atoms with Gasteiger partial charge in [-0.15, -0.1) is 5.10 Å². The molecule has 0 aliphatic heterocycles. The Labute approximate surface area is 174 Å². The molecule has 0 spiro atoms. The van der Waals surface area contributed by atoms with Gasteiger partial charge in [-0.1, -0.05) is 12.1 Å². The van der Waals surface area contributed by atoms with Crippen molar-refractivity contribution in [1.82, 2.24) is 19.9 Å². The molecule has 154 valence electrons. The number of fused-ring (bicyclic) bond motifs is 1. The van der Waals surface area contributed by atoms with E-state index in [9.17, 15) is 10.1 Å². The Morgan fingerprint density at radius 3 is 2.77 bits per heavy atom. The molecule has 30 heavy (non-hydrogen) atoms. The average Bonchev–Trinajstić information content (AvgIpc) is 3.48. The number of benzene rings is 1. The van der Waals surface area contributed by atoms with E-state index in [4.69, 9.17) is 9.47 Å². The maximum absolute atomic E-state index is 12.2. The Morgan fingerprint density at radius 1 is 1.30 bits per heavy atom. The maximum Gasteiger partial charge on any atom is 0.408 e. The number of amides is 1. The van der Waals surface area contributed by atoms with Gasteiger partial charge in [-0.3, -0.25) is 0 Å². The molecule has 1 amide bonds. The van der Waals surface area contributed by atoms with E-state index in [1.807, 2.05) is 38.1 Å². The fourth-order valence-electron chi connectivity index (χ4n) is 3.35. The quantitative estimate of drug-likeness (QED) is 0.668. The molecule has 1 aliphatic carbocycles. The zero-order valence-corrected chi connectivity index (χ0v) is 17.1. The minimum absolute atomic E-state index is 0.0227. The summed E-state index contributed by atoms with van der Waals surface area (Å²) in [7, 11) is 1.57. The number of aromatic nitrogens is 3. The third-order valence-electron chi connectivity index (χ3n) is 4.92. The molecule has 3 aromatic rings. The number of carbonyl (C=O) groups is 1. The minimum Gasteiger partial charge on any atom is -0.493 e. The number of nitrogens with one attached hydrogen (secondary N) is 1. The summed E-state index contributed by atoms with van der Waals surface area (Å²) < 4.78 is 12.8. The third kappa shape index (κ3) is 3.92. The topological polar surface area (TPSA) is 102 Å². The Kier molecular flexibility index (Phi) is 5.27. The Bertz CT molecular complexity index is 1130. The standard InChI is InChI=1S/C22H23N5O3/c1-13(2)24-22(28)30-19(15-7-8-15)20-25-21-18(29-3)10-9-17(27(21)26-20)16-6-4-5-14(11-16)12-23/h4-6,9-11,13,15,19H,7-8H2,1-3H3,(H,24,28). The maximum atomic E-state index is 12.2. The molecule has 4 rings (SSSR count). The summed E-state index contributed by atoms with van der Waals surface area (Å²) in [5.41, 5.74) is 2.69. The van der Waals surface area contributed by atoms with Crippen molar-refractivity contribution in [2.45, 2.75) is 38.8 Å². The van der Waals surface area contributed by atoms with E-state index in [-0.39, 0.29) is 12.0 Å². The van der Waals surface area contributed by atoms with Crippen LogP contribution in [0.2, 0.25) is 0 Å². The van der Waals surface area contributed by atoms with E-state index in [2.05, 4.69) is 21.5 Å². The van der Waals surface area contributed by atoms with Gasteiger partial charge in [-0.25, -0.2) is 14.3 Å². The van der Waals surface area contributed by atoms with Gasteiger partial charge < -0.3 is 14.8 Å². The van der Waals surface area contributed by atoms with Gasteiger partial charge in [-0.05, 0) is 51.0 Å². The summed E-state index contributed by atoms with van der Waals surface area (Å²) in [6.07, 6.45) is 0.925. The molecule has 1 saturated carbocycles. The summed E-state index contributed by atoms with van der Waals surface area (Å²) in [5.74, 6) is 1.21. The van der Waals surface area contributed by atoms with Gasteiger partial charge >= 0.3 is 6.09 Å². The molecular formula is C22H23N5O3. The second kappa shape index (κ2) is 8.03. The molecule has 8 nitrogen and oxygen atoms in total. The number of nitrogens with zero attached hydrogens (tertiary/aromatic N) is 4. The van der Waals surface area contributed by atoms with Crippen molar-refractivity contribution >= 4 is 11.7 Å². The molecule has 8 heteroatoms. The van der Waals surface area contributed by atoms with Gasteiger partial charge in [-0.2, -0.15) is 5.26 Å². The number of hydrogen-bond acceptors (Lipinski definition) is 6. The Hall–Kier alpha value is -3.60. The Balaban J connectivity index is 1.78. The summed E-state index contributed by atoms with van der Waals surface area (Å²) in [5, 5.41) is 16.7. The van der Waals surface area contributed by atoms with Crippen molar-refractivity contribution in [2.24, 2.45) is 5.92 Å². The highest BCUT2D eigenvalue weighted by Crippen LogP contribution is 2.43. The molecule has 0 saturated heterocycles. The molecule has 2 aromatic heterocycles. The predicted molar refractivity (Wildman–Crippen MR) is 110 cm³/mol. The Morgan fingerprint density at radius 2 is 2.10 bits per heavy atom. The largest absolute Gasteiger partial charge is 0.493 e. The lowest BCUT2D eigenvalue weighted by molar-refractivity contribution is 0.0783. The summed E-state index contributed by atoms with van der Waals surface area (Å²) in [6.45, 7) is 3.76.